The van der Waals surface area contributed by atoms with Gasteiger partial charge < -0.3 is 0 Å². The molecule has 62 valence electrons. The molecule has 0 aromatic carbocycles. The molecule has 1 unspecified atom stereocenters. The Bertz CT molecular complexity index is 174. The molecule has 0 rings (SSSR count). The minimum Gasteiger partial charge on any atom is -0.229 e. The van der Waals surface area contributed by atoms with E-state index in [1.165, 1.54) is 0 Å². The van der Waals surface area contributed by atoms with Crippen molar-refractivity contribution in [3.8, 4) is 0 Å². The summed E-state index contributed by atoms with van der Waals surface area (Å²) in [5.74, 6) is 0.179. The van der Waals surface area contributed by atoms with Crippen LogP contribution in [0, 0.1) is 0 Å². The van der Waals surface area contributed by atoms with Gasteiger partial charge in [0.05, 0.1) is 11.5 Å². The highest BCUT2D eigenvalue weighted by Crippen LogP contribution is 2.01. The van der Waals surface area contributed by atoms with E-state index >= 15 is 0 Å². The molecule has 0 saturated carbocycles. The summed E-state index contributed by atoms with van der Waals surface area (Å²) >= 11 is 10.7. The number of sulfone groups is 1. The smallest absolute Gasteiger partial charge is 0.152 e. The standard InChI is InChI=1S/C5H10Cl2O2S/c1-5(7)4-10(8,9)3-2-6/h5H,2-4H2,1H3. The van der Waals surface area contributed by atoms with Crippen LogP contribution in [0.1, 0.15) is 6.92 Å². The monoisotopic (exact) mass is 204 g/mol. The average molecular weight is 205 g/mol. The summed E-state index contributed by atoms with van der Waals surface area (Å²) in [6.45, 7) is 1.65. The largest absolute Gasteiger partial charge is 0.229 e. The fourth-order valence-corrected chi connectivity index (χ4v) is 2.93. The summed E-state index contributed by atoms with van der Waals surface area (Å²) in [5, 5.41) is -0.326. The van der Waals surface area contributed by atoms with Crippen LogP contribution in [0.4, 0.5) is 0 Å². The Kier molecular flexibility index (Phi) is 4.65. The van der Waals surface area contributed by atoms with Crippen molar-refractivity contribution in [1.29, 1.82) is 0 Å². The molecule has 0 aliphatic rings. The zero-order valence-electron chi connectivity index (χ0n) is 5.68. The Morgan fingerprint density at radius 2 is 2.00 bits per heavy atom. The summed E-state index contributed by atoms with van der Waals surface area (Å²) in [5.41, 5.74) is 0. The Labute approximate surface area is 71.4 Å². The predicted molar refractivity (Wildman–Crippen MR) is 44.7 cm³/mol. The van der Waals surface area contributed by atoms with Gasteiger partial charge in [0.15, 0.2) is 9.84 Å². The fraction of sp³-hybridized carbons (Fsp3) is 1.00. The van der Waals surface area contributed by atoms with E-state index in [0.29, 0.717) is 0 Å². The molecule has 0 aliphatic heterocycles. The maximum absolute atomic E-state index is 10.9. The van der Waals surface area contributed by atoms with Gasteiger partial charge in [-0.2, -0.15) is 0 Å². The minimum absolute atomic E-state index is 0.0152. The van der Waals surface area contributed by atoms with E-state index in [9.17, 15) is 8.42 Å². The van der Waals surface area contributed by atoms with Crippen LogP contribution in [0.25, 0.3) is 0 Å². The van der Waals surface area contributed by atoms with Crippen LogP contribution in [-0.4, -0.2) is 31.2 Å². The van der Waals surface area contributed by atoms with Gasteiger partial charge in [0.1, 0.15) is 0 Å². The van der Waals surface area contributed by atoms with E-state index in [1.54, 1.807) is 6.92 Å². The summed E-state index contributed by atoms with van der Waals surface area (Å²) < 4.78 is 21.7. The van der Waals surface area contributed by atoms with E-state index < -0.39 is 9.84 Å². The highest BCUT2D eigenvalue weighted by Gasteiger charge is 2.12. The van der Waals surface area contributed by atoms with Crippen molar-refractivity contribution in [2.75, 3.05) is 17.4 Å². The number of rotatable bonds is 4. The lowest BCUT2D eigenvalue weighted by Crippen LogP contribution is -2.17. The average Bonchev–Trinajstić information content (AvgIpc) is 1.59. The first-order valence-corrected chi connectivity index (χ1v) is 5.67. The van der Waals surface area contributed by atoms with Gasteiger partial charge in [0.2, 0.25) is 0 Å². The van der Waals surface area contributed by atoms with Crippen molar-refractivity contribution in [3.63, 3.8) is 0 Å². The van der Waals surface area contributed by atoms with Crippen LogP contribution in [0.15, 0.2) is 0 Å². The molecule has 0 amide bonds. The molecule has 0 spiro atoms. The second-order valence-electron chi connectivity index (χ2n) is 2.08. The third-order valence-corrected chi connectivity index (χ3v) is 3.46. The van der Waals surface area contributed by atoms with Crippen molar-refractivity contribution in [1.82, 2.24) is 0 Å². The lowest BCUT2D eigenvalue weighted by Gasteiger charge is -2.01. The first-order valence-electron chi connectivity index (χ1n) is 2.88. The van der Waals surface area contributed by atoms with Crippen LogP contribution in [0.5, 0.6) is 0 Å². The van der Waals surface area contributed by atoms with Crippen molar-refractivity contribution in [3.05, 3.63) is 0 Å². The number of hydrogen-bond donors (Lipinski definition) is 0. The van der Waals surface area contributed by atoms with E-state index in [4.69, 9.17) is 23.2 Å². The molecular weight excluding hydrogens is 195 g/mol. The minimum atomic E-state index is -2.99. The van der Waals surface area contributed by atoms with Crippen LogP contribution in [0.3, 0.4) is 0 Å². The summed E-state index contributed by atoms with van der Waals surface area (Å²) in [4.78, 5) is 0. The van der Waals surface area contributed by atoms with E-state index in [0.717, 1.165) is 0 Å². The van der Waals surface area contributed by atoms with Crippen LogP contribution < -0.4 is 0 Å². The first-order chi connectivity index (χ1) is 4.48. The second-order valence-corrected chi connectivity index (χ2v) is 5.44. The molecular formula is C5H10Cl2O2S. The van der Waals surface area contributed by atoms with Crippen LogP contribution in [0.2, 0.25) is 0 Å². The zero-order valence-corrected chi connectivity index (χ0v) is 8.01. The maximum Gasteiger partial charge on any atom is 0.152 e. The van der Waals surface area contributed by atoms with Gasteiger partial charge in [-0.15, -0.1) is 23.2 Å². The molecule has 0 heterocycles. The summed E-state index contributed by atoms with van der Waals surface area (Å²) in [6, 6.07) is 0. The maximum atomic E-state index is 10.9. The molecule has 0 saturated heterocycles. The van der Waals surface area contributed by atoms with Gasteiger partial charge in [-0.05, 0) is 6.92 Å². The molecule has 0 aromatic rings. The Balaban J connectivity index is 3.89. The van der Waals surface area contributed by atoms with Crippen LogP contribution >= 0.6 is 23.2 Å². The topological polar surface area (TPSA) is 34.1 Å². The molecule has 0 bridgehead atoms. The van der Waals surface area contributed by atoms with Gasteiger partial charge in [-0.25, -0.2) is 8.42 Å². The van der Waals surface area contributed by atoms with Crippen molar-refractivity contribution < 1.29 is 8.42 Å². The van der Waals surface area contributed by atoms with Gasteiger partial charge in [0, 0.05) is 11.3 Å². The third kappa shape index (κ3) is 5.33. The first kappa shape index (κ1) is 10.5. The number of alkyl halides is 2. The quantitative estimate of drug-likeness (QED) is 0.647. The SMILES string of the molecule is CC(Cl)CS(=O)(=O)CCCl. The molecule has 2 nitrogen and oxygen atoms in total. The summed E-state index contributed by atoms with van der Waals surface area (Å²) in [7, 11) is -2.99. The number of halogens is 2. The molecule has 0 fully saturated rings. The van der Waals surface area contributed by atoms with Crippen molar-refractivity contribution >= 4 is 33.0 Å². The molecule has 0 N–H and O–H groups in total. The second kappa shape index (κ2) is 4.42. The lowest BCUT2D eigenvalue weighted by molar-refractivity contribution is 0.596. The molecule has 0 aliphatic carbocycles. The van der Waals surface area contributed by atoms with Gasteiger partial charge >= 0.3 is 0 Å². The zero-order chi connectivity index (χ0) is 8.20. The fourth-order valence-electron chi connectivity index (χ4n) is 0.551. The Morgan fingerprint density at radius 1 is 1.50 bits per heavy atom. The normalized spacial score (nSPS) is 15.1. The summed E-state index contributed by atoms with van der Waals surface area (Å²) in [6.07, 6.45) is 0. The van der Waals surface area contributed by atoms with E-state index in [1.807, 2.05) is 0 Å². The number of hydrogen-bond acceptors (Lipinski definition) is 2. The lowest BCUT2D eigenvalue weighted by atomic mass is 10.6. The van der Waals surface area contributed by atoms with Gasteiger partial charge in [0.25, 0.3) is 0 Å². The Hall–Kier alpha value is 0.530. The highest BCUT2D eigenvalue weighted by atomic mass is 35.5. The molecule has 10 heavy (non-hydrogen) atoms. The highest BCUT2D eigenvalue weighted by molar-refractivity contribution is 7.91. The van der Waals surface area contributed by atoms with Crippen LogP contribution in [-0.2, 0) is 9.84 Å². The molecule has 1 atom stereocenters. The molecule has 5 heteroatoms. The molecule has 0 radical (unpaired) electrons. The van der Waals surface area contributed by atoms with Crippen molar-refractivity contribution in [2.45, 2.75) is 12.3 Å². The Morgan fingerprint density at radius 3 is 2.30 bits per heavy atom. The van der Waals surface area contributed by atoms with E-state index in [-0.39, 0.29) is 22.8 Å². The van der Waals surface area contributed by atoms with Gasteiger partial charge in [-0.1, -0.05) is 0 Å². The predicted octanol–water partition coefficient (Wildman–Crippen LogP) is 1.27. The van der Waals surface area contributed by atoms with E-state index in [2.05, 4.69) is 0 Å². The van der Waals surface area contributed by atoms with Crippen molar-refractivity contribution in [2.24, 2.45) is 0 Å². The van der Waals surface area contributed by atoms with Gasteiger partial charge in [-0.3, -0.25) is 0 Å². The third-order valence-electron chi connectivity index (χ3n) is 0.872. The molecule has 0 aromatic heterocycles.